The quantitative estimate of drug-likeness (QED) is 0.129. The van der Waals surface area contributed by atoms with E-state index in [1.807, 2.05) is 0 Å². The number of nitrogens with zero attached hydrogens (tertiary/aromatic N) is 2. The number of hydrogen-bond donors (Lipinski definition) is 0. The Morgan fingerprint density at radius 1 is 0.231 bits per heavy atom. The summed E-state index contributed by atoms with van der Waals surface area (Å²) in [7, 11) is -3.04. The average molecular weight is 839 g/mol. The Morgan fingerprint density at radius 2 is 0.523 bits per heavy atom. The molecule has 10 aromatic rings. The molecular weight excluding hydrogens is 798 g/mol. The van der Waals surface area contributed by atoms with Crippen LogP contribution in [0.1, 0.15) is 0 Å². The van der Waals surface area contributed by atoms with Gasteiger partial charge in [0.25, 0.3) is 0 Å². The van der Waals surface area contributed by atoms with E-state index >= 15 is 0 Å². The van der Waals surface area contributed by atoms with Crippen LogP contribution in [-0.2, 0) is 0 Å². The van der Waals surface area contributed by atoms with Gasteiger partial charge in [-0.15, -0.1) is 0 Å². The second kappa shape index (κ2) is 14.1. The summed E-state index contributed by atoms with van der Waals surface area (Å²) in [5.41, 5.74) is 20.7. The van der Waals surface area contributed by atoms with Crippen molar-refractivity contribution < 1.29 is 0 Å². The maximum absolute atomic E-state index is 3.04. The lowest BCUT2D eigenvalue weighted by atomic mass is 9.43. The van der Waals surface area contributed by atoms with Gasteiger partial charge in [-0.2, -0.15) is 0 Å². The van der Waals surface area contributed by atoms with Gasteiger partial charge in [-0.1, -0.05) is 218 Å². The lowest BCUT2D eigenvalue weighted by Gasteiger charge is -2.45. The first kappa shape index (κ1) is 36.6. The lowest BCUT2D eigenvalue weighted by molar-refractivity contribution is 1.35. The molecule has 65 heavy (non-hydrogen) atoms. The van der Waals surface area contributed by atoms with Crippen LogP contribution in [0.2, 0.25) is 0 Å². The third kappa shape index (κ3) is 5.07. The summed E-state index contributed by atoms with van der Waals surface area (Å²) in [4.78, 5) is 5.24. The smallest absolute Gasteiger partial charge is 0.329 e. The molecule has 0 saturated carbocycles. The molecule has 0 fully saturated rings. The molecule has 0 aromatic heterocycles. The maximum Gasteiger partial charge on any atom is 0.329 e. The fourth-order valence-corrected chi connectivity index (χ4v) is 17.0. The molecule has 10 aromatic carbocycles. The molecule has 4 aliphatic rings. The standard InChI is InChI=1S/C60H40B2N2Si/c1-3-19-41(20-4-1)65(42-21-5-2-6-22-42,43-35-37-59-51(39-43)47-25-9-15-31-55(47)61-53-29-13-7-23-45(53)49-27-11-17-33-57(49)63(59)61)44-36-38-60-52(40-44)48-26-10-16-32-56(48)62-54-30-14-8-24-46(54)50-28-12-18-34-58(50)64(60)62/h1-40H. The van der Waals surface area contributed by atoms with E-state index in [-0.39, 0.29) is 13.7 Å². The molecule has 0 saturated heterocycles. The zero-order valence-electron chi connectivity index (χ0n) is 35.6. The number of benzene rings is 10. The van der Waals surface area contributed by atoms with Gasteiger partial charge in [-0.25, -0.2) is 0 Å². The predicted molar refractivity (Wildman–Crippen MR) is 279 cm³/mol. The summed E-state index contributed by atoms with van der Waals surface area (Å²) in [5, 5.41) is 5.47. The molecule has 2 nitrogen and oxygen atoms in total. The van der Waals surface area contributed by atoms with Gasteiger partial charge in [0.05, 0.1) is 0 Å². The molecule has 0 radical (unpaired) electrons. The van der Waals surface area contributed by atoms with Crippen LogP contribution < -0.4 is 52.2 Å². The monoisotopic (exact) mass is 838 g/mol. The largest absolute Gasteiger partial charge is 0.376 e. The van der Waals surface area contributed by atoms with Crippen molar-refractivity contribution in [3.05, 3.63) is 243 Å². The summed E-state index contributed by atoms with van der Waals surface area (Å²) < 4.78 is 0. The Labute approximate surface area is 382 Å². The normalized spacial score (nSPS) is 13.4. The van der Waals surface area contributed by atoms with Crippen molar-refractivity contribution in [1.29, 1.82) is 0 Å². The number of fused-ring (bicyclic) bond motifs is 22. The minimum Gasteiger partial charge on any atom is -0.376 e. The zero-order chi connectivity index (χ0) is 42.6. The van der Waals surface area contributed by atoms with Gasteiger partial charge in [-0.05, 0) is 89.1 Å². The molecule has 0 bridgehead atoms. The zero-order valence-corrected chi connectivity index (χ0v) is 36.6. The molecule has 0 aliphatic carbocycles. The fourth-order valence-electron chi connectivity index (χ4n) is 12.2. The van der Waals surface area contributed by atoms with E-state index < -0.39 is 8.07 Å². The van der Waals surface area contributed by atoms with Crippen molar-refractivity contribution in [2.24, 2.45) is 0 Å². The summed E-state index contributed by atoms with van der Waals surface area (Å²) >= 11 is 0. The van der Waals surface area contributed by atoms with E-state index in [2.05, 4.69) is 252 Å². The number of anilines is 4. The minimum atomic E-state index is -3.04. The average Bonchev–Trinajstić information content (AvgIpc) is 3.39. The summed E-state index contributed by atoms with van der Waals surface area (Å²) in [6.07, 6.45) is 0. The molecule has 5 heteroatoms. The third-order valence-corrected chi connectivity index (χ3v) is 19.6. The van der Waals surface area contributed by atoms with Crippen LogP contribution in [0.4, 0.5) is 22.7 Å². The van der Waals surface area contributed by atoms with Gasteiger partial charge in [0.15, 0.2) is 8.07 Å². The summed E-state index contributed by atoms with van der Waals surface area (Å²) in [5.74, 6) is 0. The van der Waals surface area contributed by atoms with Crippen LogP contribution in [-0.4, -0.2) is 21.8 Å². The molecule has 0 unspecified atom stereocenters. The Kier molecular flexibility index (Phi) is 7.93. The highest BCUT2D eigenvalue weighted by Crippen LogP contribution is 2.47. The first-order valence-corrected chi connectivity index (χ1v) is 24.8. The van der Waals surface area contributed by atoms with Crippen molar-refractivity contribution in [3.8, 4) is 44.5 Å². The second-order valence-electron chi connectivity index (χ2n) is 17.9. The van der Waals surface area contributed by atoms with E-state index in [0.29, 0.717) is 0 Å². The van der Waals surface area contributed by atoms with E-state index in [9.17, 15) is 0 Å². The molecule has 14 rings (SSSR count). The Bertz CT molecular complexity index is 3320. The minimum absolute atomic E-state index is 0.0670. The Morgan fingerprint density at radius 3 is 0.908 bits per heavy atom. The van der Waals surface area contributed by atoms with Crippen LogP contribution in [0, 0.1) is 0 Å². The molecule has 0 atom stereocenters. The van der Waals surface area contributed by atoms with Gasteiger partial charge >= 0.3 is 13.7 Å². The molecule has 0 amide bonds. The molecule has 300 valence electrons. The van der Waals surface area contributed by atoms with Crippen molar-refractivity contribution in [3.63, 3.8) is 0 Å². The van der Waals surface area contributed by atoms with Crippen molar-refractivity contribution >= 4 is 87.1 Å². The highest BCUT2D eigenvalue weighted by atomic mass is 28.3. The fraction of sp³-hybridized carbons (Fsp3) is 0. The van der Waals surface area contributed by atoms with Crippen LogP contribution in [0.15, 0.2) is 243 Å². The van der Waals surface area contributed by atoms with Crippen molar-refractivity contribution in [1.82, 2.24) is 0 Å². The van der Waals surface area contributed by atoms with Gasteiger partial charge in [0.1, 0.15) is 0 Å². The maximum atomic E-state index is 2.62. The van der Waals surface area contributed by atoms with Crippen molar-refractivity contribution in [2.75, 3.05) is 9.62 Å². The number of hydrogen-bond acceptors (Lipinski definition) is 2. The van der Waals surface area contributed by atoms with Crippen LogP contribution >= 0.6 is 0 Å². The van der Waals surface area contributed by atoms with Gasteiger partial charge in [0.2, 0.25) is 0 Å². The van der Waals surface area contributed by atoms with E-state index in [1.54, 1.807) is 0 Å². The summed E-state index contributed by atoms with van der Waals surface area (Å²) in [6, 6.07) is 92.2. The molecular formula is C60H40B2N2Si. The number of para-hydroxylation sites is 2. The number of rotatable bonds is 4. The first-order valence-electron chi connectivity index (χ1n) is 22.8. The van der Waals surface area contributed by atoms with Gasteiger partial charge in [0, 0.05) is 45.0 Å². The SMILES string of the molecule is c1ccc([Si](c2ccccc2)(c2ccc3c(c2)-c2ccccc2B2c4ccccc4-c4ccccc4N23)c2ccc3c(c2)-c2ccccc2B2c4ccccc4-c4ccccc4N23)cc1. The third-order valence-electron chi connectivity index (χ3n) is 14.8. The van der Waals surface area contributed by atoms with Crippen LogP contribution in [0.25, 0.3) is 44.5 Å². The highest BCUT2D eigenvalue weighted by Gasteiger charge is 2.47. The van der Waals surface area contributed by atoms with Crippen LogP contribution in [0.5, 0.6) is 0 Å². The molecule has 0 spiro atoms. The van der Waals surface area contributed by atoms with Gasteiger partial charge < -0.3 is 9.62 Å². The predicted octanol–water partition coefficient (Wildman–Crippen LogP) is 8.87. The molecule has 4 heterocycles. The molecule has 4 aliphatic heterocycles. The molecule has 0 N–H and O–H groups in total. The topological polar surface area (TPSA) is 6.48 Å². The Balaban J connectivity index is 1.04. The summed E-state index contributed by atoms with van der Waals surface area (Å²) in [6.45, 7) is 0.134. The first-order chi connectivity index (χ1) is 32.3. The van der Waals surface area contributed by atoms with Gasteiger partial charge in [-0.3, -0.25) is 0 Å². The van der Waals surface area contributed by atoms with Crippen molar-refractivity contribution in [2.45, 2.75) is 0 Å². The van der Waals surface area contributed by atoms with E-state index in [1.165, 1.54) is 110 Å². The van der Waals surface area contributed by atoms with E-state index in [0.717, 1.165) is 0 Å². The lowest BCUT2D eigenvalue weighted by Crippen LogP contribution is -2.75. The second-order valence-corrected chi connectivity index (χ2v) is 21.7. The Hall–Kier alpha value is -7.85. The van der Waals surface area contributed by atoms with Crippen LogP contribution in [0.3, 0.4) is 0 Å². The van der Waals surface area contributed by atoms with E-state index in [4.69, 9.17) is 0 Å². The highest BCUT2D eigenvalue weighted by molar-refractivity contribution is 7.20.